The maximum Gasteiger partial charge on any atom is 0.281 e. The smallest absolute Gasteiger partial charge is 0.281 e. The van der Waals surface area contributed by atoms with Crippen LogP contribution in [-0.2, 0) is 0 Å². The van der Waals surface area contributed by atoms with Crippen LogP contribution in [0.3, 0.4) is 0 Å². The second kappa shape index (κ2) is 9.38. The number of carbonyl (C=O) groups is 1. The van der Waals surface area contributed by atoms with Gasteiger partial charge in [-0.25, -0.2) is 0 Å². The highest BCUT2D eigenvalue weighted by Gasteiger charge is 2.10. The van der Waals surface area contributed by atoms with Crippen LogP contribution < -0.4 is 0 Å². The van der Waals surface area contributed by atoms with Crippen LogP contribution in [0.25, 0.3) is 0 Å². The fraction of sp³-hybridized carbons (Fsp3) is 0.909. The molecule has 0 saturated heterocycles. The summed E-state index contributed by atoms with van der Waals surface area (Å²) in [5.74, 6) is 0.971. The second-order valence-electron chi connectivity index (χ2n) is 3.45. The molecule has 0 aliphatic rings. The topological polar surface area (TPSA) is 20.3 Å². The first-order chi connectivity index (χ1) is 6.76. The summed E-state index contributed by atoms with van der Waals surface area (Å²) < 4.78 is 0. The van der Waals surface area contributed by atoms with Crippen LogP contribution in [0.15, 0.2) is 0 Å². The Labute approximate surface area is 92.4 Å². The van der Waals surface area contributed by atoms with Gasteiger partial charge in [-0.3, -0.25) is 4.79 Å². The number of unbranched alkanes of at least 4 members (excludes halogenated alkanes) is 1. The molecule has 0 heterocycles. The standard InChI is InChI=1S/C11H23NOS/c1-4-7-10-14-11(13)12(8-5-2)9-6-3/h4-10H2,1-3H3. The van der Waals surface area contributed by atoms with Crippen molar-refractivity contribution in [3.63, 3.8) is 0 Å². The van der Waals surface area contributed by atoms with Crippen LogP contribution in [-0.4, -0.2) is 29.0 Å². The Morgan fingerprint density at radius 1 is 1.07 bits per heavy atom. The molecule has 0 spiro atoms. The number of hydrogen-bond donors (Lipinski definition) is 0. The van der Waals surface area contributed by atoms with E-state index in [4.69, 9.17) is 0 Å². The molecule has 0 atom stereocenters. The maximum atomic E-state index is 11.7. The van der Waals surface area contributed by atoms with Crippen LogP contribution in [0.5, 0.6) is 0 Å². The fourth-order valence-corrected chi connectivity index (χ4v) is 2.20. The zero-order valence-corrected chi connectivity index (χ0v) is 10.5. The van der Waals surface area contributed by atoms with Crippen molar-refractivity contribution >= 4 is 17.0 Å². The highest BCUT2D eigenvalue weighted by atomic mass is 32.2. The lowest BCUT2D eigenvalue weighted by atomic mass is 10.4. The number of rotatable bonds is 7. The summed E-state index contributed by atoms with van der Waals surface area (Å²) >= 11 is 1.48. The minimum absolute atomic E-state index is 0.266. The normalized spacial score (nSPS) is 10.2. The highest BCUT2D eigenvalue weighted by Crippen LogP contribution is 2.12. The van der Waals surface area contributed by atoms with Gasteiger partial charge in [0.25, 0.3) is 5.24 Å². The Balaban J connectivity index is 3.76. The molecular weight excluding hydrogens is 194 g/mol. The lowest BCUT2D eigenvalue weighted by Crippen LogP contribution is -2.29. The zero-order valence-electron chi connectivity index (χ0n) is 9.71. The van der Waals surface area contributed by atoms with Gasteiger partial charge in [0.2, 0.25) is 0 Å². The Morgan fingerprint density at radius 3 is 2.07 bits per heavy atom. The van der Waals surface area contributed by atoms with Crippen molar-refractivity contribution in [2.45, 2.75) is 46.5 Å². The summed E-state index contributed by atoms with van der Waals surface area (Å²) in [7, 11) is 0. The molecule has 0 radical (unpaired) electrons. The minimum atomic E-state index is 0.266. The van der Waals surface area contributed by atoms with E-state index < -0.39 is 0 Å². The number of amides is 1. The lowest BCUT2D eigenvalue weighted by Gasteiger charge is -2.20. The number of hydrogen-bond acceptors (Lipinski definition) is 2. The van der Waals surface area contributed by atoms with Gasteiger partial charge in [0.15, 0.2) is 0 Å². The van der Waals surface area contributed by atoms with Gasteiger partial charge in [-0.1, -0.05) is 39.0 Å². The van der Waals surface area contributed by atoms with Crippen molar-refractivity contribution < 1.29 is 4.79 Å². The molecule has 0 rings (SSSR count). The average molecular weight is 217 g/mol. The van der Waals surface area contributed by atoms with E-state index in [2.05, 4.69) is 20.8 Å². The van der Waals surface area contributed by atoms with Crippen molar-refractivity contribution in [2.75, 3.05) is 18.8 Å². The first-order valence-corrected chi connectivity index (χ1v) is 6.66. The molecule has 14 heavy (non-hydrogen) atoms. The van der Waals surface area contributed by atoms with Crippen LogP contribution >= 0.6 is 11.8 Å². The van der Waals surface area contributed by atoms with Crippen molar-refractivity contribution in [3.8, 4) is 0 Å². The van der Waals surface area contributed by atoms with Gasteiger partial charge in [-0.05, 0) is 19.3 Å². The Morgan fingerprint density at radius 2 is 1.64 bits per heavy atom. The molecule has 0 aliphatic carbocycles. The lowest BCUT2D eigenvalue weighted by molar-refractivity contribution is 0.223. The van der Waals surface area contributed by atoms with E-state index in [9.17, 15) is 4.79 Å². The van der Waals surface area contributed by atoms with Gasteiger partial charge < -0.3 is 4.90 Å². The molecule has 0 aliphatic heterocycles. The van der Waals surface area contributed by atoms with Crippen molar-refractivity contribution in [3.05, 3.63) is 0 Å². The monoisotopic (exact) mass is 217 g/mol. The first kappa shape index (κ1) is 13.8. The molecule has 0 N–H and O–H groups in total. The van der Waals surface area contributed by atoms with Crippen LogP contribution in [0.2, 0.25) is 0 Å². The van der Waals surface area contributed by atoms with Crippen molar-refractivity contribution in [1.29, 1.82) is 0 Å². The molecule has 0 fully saturated rings. The molecule has 0 aromatic carbocycles. The second-order valence-corrected chi connectivity index (χ2v) is 4.50. The van der Waals surface area contributed by atoms with E-state index in [1.54, 1.807) is 0 Å². The van der Waals surface area contributed by atoms with Gasteiger partial charge in [-0.15, -0.1) is 0 Å². The molecule has 2 nitrogen and oxygen atoms in total. The van der Waals surface area contributed by atoms with Crippen LogP contribution in [0.4, 0.5) is 4.79 Å². The Hall–Kier alpha value is -0.180. The van der Waals surface area contributed by atoms with Crippen molar-refractivity contribution in [1.82, 2.24) is 4.90 Å². The summed E-state index contributed by atoms with van der Waals surface area (Å²) in [5, 5.41) is 0.266. The molecular formula is C11H23NOS. The van der Waals surface area contributed by atoms with E-state index in [1.807, 2.05) is 4.90 Å². The molecule has 3 heteroatoms. The average Bonchev–Trinajstić information content (AvgIpc) is 2.18. The van der Waals surface area contributed by atoms with E-state index in [1.165, 1.54) is 18.2 Å². The van der Waals surface area contributed by atoms with Gasteiger partial charge in [0.1, 0.15) is 0 Å². The largest absolute Gasteiger partial charge is 0.334 e. The number of carbonyl (C=O) groups excluding carboxylic acids is 1. The molecule has 0 saturated carbocycles. The zero-order chi connectivity index (χ0) is 10.8. The molecule has 84 valence electrons. The number of nitrogens with zero attached hydrogens (tertiary/aromatic N) is 1. The molecule has 0 unspecified atom stereocenters. The van der Waals surface area contributed by atoms with E-state index in [0.29, 0.717) is 0 Å². The SMILES string of the molecule is CCCCSC(=O)N(CCC)CCC. The minimum Gasteiger partial charge on any atom is -0.334 e. The van der Waals surface area contributed by atoms with Crippen LogP contribution in [0, 0.1) is 0 Å². The quantitative estimate of drug-likeness (QED) is 0.605. The van der Waals surface area contributed by atoms with Crippen molar-refractivity contribution in [2.24, 2.45) is 0 Å². The van der Waals surface area contributed by atoms with E-state index >= 15 is 0 Å². The first-order valence-electron chi connectivity index (χ1n) is 5.67. The van der Waals surface area contributed by atoms with Gasteiger partial charge in [0.05, 0.1) is 0 Å². The molecule has 1 amide bonds. The van der Waals surface area contributed by atoms with E-state index in [-0.39, 0.29) is 5.24 Å². The Kier molecular flexibility index (Phi) is 9.26. The van der Waals surface area contributed by atoms with Crippen LogP contribution in [0.1, 0.15) is 46.5 Å². The maximum absolute atomic E-state index is 11.7. The third kappa shape index (κ3) is 6.30. The molecule has 0 bridgehead atoms. The third-order valence-electron chi connectivity index (χ3n) is 1.97. The highest BCUT2D eigenvalue weighted by molar-refractivity contribution is 8.13. The van der Waals surface area contributed by atoms with Gasteiger partial charge in [0, 0.05) is 18.8 Å². The van der Waals surface area contributed by atoms with E-state index in [0.717, 1.165) is 38.1 Å². The third-order valence-corrected chi connectivity index (χ3v) is 2.97. The summed E-state index contributed by atoms with van der Waals surface area (Å²) in [5.41, 5.74) is 0. The summed E-state index contributed by atoms with van der Waals surface area (Å²) in [6.45, 7) is 8.21. The summed E-state index contributed by atoms with van der Waals surface area (Å²) in [6.07, 6.45) is 4.42. The summed E-state index contributed by atoms with van der Waals surface area (Å²) in [4.78, 5) is 13.7. The predicted octanol–water partition coefficient (Wildman–Crippen LogP) is 3.76. The summed E-state index contributed by atoms with van der Waals surface area (Å²) in [6, 6.07) is 0. The van der Waals surface area contributed by atoms with Gasteiger partial charge in [-0.2, -0.15) is 0 Å². The number of thioether (sulfide) groups is 1. The Bertz CT molecular complexity index is 144. The fourth-order valence-electron chi connectivity index (χ4n) is 1.23. The molecule has 0 aromatic rings. The predicted molar refractivity (Wildman–Crippen MR) is 64.9 cm³/mol. The molecule has 0 aromatic heterocycles. The van der Waals surface area contributed by atoms with Gasteiger partial charge >= 0.3 is 0 Å².